The van der Waals surface area contributed by atoms with E-state index in [2.05, 4.69) is 10.5 Å². The molecule has 1 N–H and O–H groups in total. The van der Waals surface area contributed by atoms with Gasteiger partial charge in [0.1, 0.15) is 12.2 Å². The third kappa shape index (κ3) is 4.55. The predicted molar refractivity (Wildman–Crippen MR) is 65.3 cm³/mol. The molecule has 2 aliphatic rings. The molecular formula is C12H14N2Na2O6. The first-order valence-corrected chi connectivity index (χ1v) is 6.01. The quantitative estimate of drug-likeness (QED) is 0.397. The van der Waals surface area contributed by atoms with Crippen molar-refractivity contribution in [1.29, 1.82) is 0 Å². The maximum Gasteiger partial charge on any atom is 1.00 e. The van der Waals surface area contributed by atoms with Crippen molar-refractivity contribution < 1.29 is 83.3 Å². The molecular weight excluding hydrogens is 314 g/mol. The number of aliphatic carboxylic acids is 1. The minimum absolute atomic E-state index is 0. The molecule has 1 amide bonds. The van der Waals surface area contributed by atoms with Crippen LogP contribution >= 0.6 is 0 Å². The van der Waals surface area contributed by atoms with Gasteiger partial charge in [-0.2, -0.15) is 0 Å². The molecule has 1 aliphatic heterocycles. The molecule has 0 radical (unpaired) electrons. The fraction of sp³-hybridized carbons (Fsp3) is 0.583. The molecule has 1 aliphatic carbocycles. The van der Waals surface area contributed by atoms with Crippen LogP contribution in [0.15, 0.2) is 16.8 Å². The summed E-state index contributed by atoms with van der Waals surface area (Å²) in [7, 11) is 0. The summed E-state index contributed by atoms with van der Waals surface area (Å²) in [6, 6.07) is -0.861. The van der Waals surface area contributed by atoms with Gasteiger partial charge in [0.25, 0.3) is 0 Å². The summed E-state index contributed by atoms with van der Waals surface area (Å²) in [4.78, 5) is 22.4. The average Bonchev–Trinajstić information content (AvgIpc) is 2.63. The molecule has 22 heavy (non-hydrogen) atoms. The number of carbonyl (C=O) groups excluding carboxylic acids is 2. The number of ether oxygens (including phenoxy) is 2. The Morgan fingerprint density at radius 1 is 1.32 bits per heavy atom. The molecule has 1 heterocycles. The van der Waals surface area contributed by atoms with Crippen LogP contribution in [0.4, 0.5) is 0 Å². The van der Waals surface area contributed by atoms with Crippen molar-refractivity contribution in [2.24, 2.45) is 5.16 Å². The van der Waals surface area contributed by atoms with Gasteiger partial charge < -0.3 is 35.1 Å². The summed E-state index contributed by atoms with van der Waals surface area (Å²) >= 11 is 0. The first-order chi connectivity index (χ1) is 9.25. The van der Waals surface area contributed by atoms with Gasteiger partial charge in [0.2, 0.25) is 5.91 Å². The van der Waals surface area contributed by atoms with E-state index in [-0.39, 0.29) is 70.4 Å². The van der Waals surface area contributed by atoms with Gasteiger partial charge in [0.05, 0.1) is 17.7 Å². The zero-order chi connectivity index (χ0) is 15.1. The first-order valence-electron chi connectivity index (χ1n) is 6.01. The summed E-state index contributed by atoms with van der Waals surface area (Å²) in [5.74, 6) is -2.91. The Balaban J connectivity index is 0.00000220. The van der Waals surface area contributed by atoms with Gasteiger partial charge in [-0.05, 0) is 19.9 Å². The maximum atomic E-state index is 11.2. The smallest absolute Gasteiger partial charge is 0.792 e. The summed E-state index contributed by atoms with van der Waals surface area (Å²) in [5, 5.41) is 27.3. The Bertz CT molecular complexity index is 520. The van der Waals surface area contributed by atoms with Crippen molar-refractivity contribution in [2.75, 3.05) is 0 Å². The molecule has 0 bridgehead atoms. The maximum absolute atomic E-state index is 11.2. The number of hydrogen-bond acceptors (Lipinski definition) is 7. The standard InChI is InChI=1S/C12H16N2O6.2Na/c1-5(15)13-8-7(14-18)4-6(11(16)17)9-10(8)20-12(2,3)19-9;;/h4,8-10,18H,1-3H3,(H,13,15)(H,16,17);;/q;2*+1/p-2/b14-7+;;/t8?,9-,10?;;/m1../s1. The van der Waals surface area contributed by atoms with E-state index in [4.69, 9.17) is 9.47 Å². The van der Waals surface area contributed by atoms with Crippen molar-refractivity contribution in [1.82, 2.24) is 5.32 Å². The first kappa shape index (κ1) is 22.1. The Morgan fingerprint density at radius 3 is 2.36 bits per heavy atom. The van der Waals surface area contributed by atoms with Crippen LogP contribution in [0.5, 0.6) is 0 Å². The molecule has 1 saturated heterocycles. The Morgan fingerprint density at radius 2 is 1.91 bits per heavy atom. The minimum atomic E-state index is -1.47. The van der Waals surface area contributed by atoms with Gasteiger partial charge in [-0.3, -0.25) is 4.79 Å². The molecule has 3 atom stereocenters. The Kier molecular flexibility index (Phi) is 8.28. The normalized spacial score (nSPS) is 30.4. The Labute approximate surface area is 171 Å². The van der Waals surface area contributed by atoms with Crippen LogP contribution in [0.2, 0.25) is 0 Å². The van der Waals surface area contributed by atoms with Crippen molar-refractivity contribution >= 4 is 17.6 Å². The van der Waals surface area contributed by atoms with E-state index < -0.39 is 35.9 Å². The van der Waals surface area contributed by atoms with E-state index in [9.17, 15) is 19.9 Å². The van der Waals surface area contributed by atoms with Crippen LogP contribution in [-0.2, 0) is 19.1 Å². The van der Waals surface area contributed by atoms with Crippen molar-refractivity contribution in [3.05, 3.63) is 16.9 Å². The van der Waals surface area contributed by atoms with Gasteiger partial charge in [0.15, 0.2) is 5.79 Å². The molecule has 0 spiro atoms. The van der Waals surface area contributed by atoms with Crippen LogP contribution < -0.4 is 69.5 Å². The summed E-state index contributed by atoms with van der Waals surface area (Å²) in [5.41, 5.74) is -0.362. The summed E-state index contributed by atoms with van der Waals surface area (Å²) in [6.07, 6.45) is -0.716. The second-order valence-corrected chi connectivity index (χ2v) is 5.10. The van der Waals surface area contributed by atoms with Gasteiger partial charge in [-0.15, -0.1) is 0 Å². The molecule has 0 saturated carbocycles. The fourth-order valence-electron chi connectivity index (χ4n) is 2.41. The van der Waals surface area contributed by atoms with Gasteiger partial charge in [-0.1, -0.05) is 0 Å². The van der Waals surface area contributed by atoms with Gasteiger partial charge >= 0.3 is 59.1 Å². The third-order valence-electron chi connectivity index (χ3n) is 3.09. The molecule has 10 heteroatoms. The average molecular weight is 328 g/mol. The molecule has 0 aromatic rings. The number of nitrogens with one attached hydrogen (secondary N) is 1. The minimum Gasteiger partial charge on any atom is -0.792 e. The van der Waals surface area contributed by atoms with Crippen LogP contribution in [0.1, 0.15) is 20.8 Å². The summed E-state index contributed by atoms with van der Waals surface area (Å²) in [6.45, 7) is 4.49. The number of rotatable bonds is 2. The number of hydrogen-bond donors (Lipinski definition) is 1. The molecule has 1 fully saturated rings. The third-order valence-corrected chi connectivity index (χ3v) is 3.09. The van der Waals surface area contributed by atoms with E-state index in [1.165, 1.54) is 6.92 Å². The zero-order valence-corrected chi connectivity index (χ0v) is 17.2. The van der Waals surface area contributed by atoms with Crippen molar-refractivity contribution in [2.45, 2.75) is 44.8 Å². The largest absolute Gasteiger partial charge is 1.00 e. The number of carboxylic acid groups (broad SMARTS) is 1. The number of nitrogens with zero attached hydrogens (tertiary/aromatic N) is 1. The number of amides is 1. The van der Waals surface area contributed by atoms with E-state index in [1.54, 1.807) is 13.8 Å². The molecule has 0 aromatic heterocycles. The van der Waals surface area contributed by atoms with E-state index >= 15 is 0 Å². The topological polar surface area (TPSA) is 123 Å². The number of carbonyl (C=O) groups is 2. The predicted octanol–water partition coefficient (Wildman–Crippen LogP) is -7.35. The summed E-state index contributed by atoms with van der Waals surface area (Å²) < 4.78 is 11.1. The second-order valence-electron chi connectivity index (χ2n) is 5.10. The monoisotopic (exact) mass is 328 g/mol. The van der Waals surface area contributed by atoms with Gasteiger partial charge in [-0.25, -0.2) is 0 Å². The molecule has 110 valence electrons. The van der Waals surface area contributed by atoms with Crippen molar-refractivity contribution in [3.8, 4) is 0 Å². The SMILES string of the molecule is CC(=O)NC1/C(=N/[O-])C=C(C(=O)[O-])[C@H]2OC(C)(C)OC12.[Na+].[Na+]. The van der Waals surface area contributed by atoms with Gasteiger partial charge in [0, 0.05) is 12.5 Å². The molecule has 8 nitrogen and oxygen atoms in total. The van der Waals surface area contributed by atoms with E-state index in [1.807, 2.05) is 0 Å². The molecule has 2 unspecified atom stereocenters. The van der Waals surface area contributed by atoms with E-state index in [0.29, 0.717) is 0 Å². The number of fused-ring (bicyclic) bond motifs is 1. The van der Waals surface area contributed by atoms with Crippen LogP contribution in [-0.4, -0.2) is 41.6 Å². The molecule has 2 rings (SSSR count). The van der Waals surface area contributed by atoms with Crippen LogP contribution in [0.25, 0.3) is 0 Å². The van der Waals surface area contributed by atoms with Crippen LogP contribution in [0.3, 0.4) is 0 Å². The molecule has 0 aromatic carbocycles. The Hall–Kier alpha value is 0.0700. The van der Waals surface area contributed by atoms with Crippen molar-refractivity contribution in [3.63, 3.8) is 0 Å². The van der Waals surface area contributed by atoms with E-state index in [0.717, 1.165) is 6.08 Å². The fourth-order valence-corrected chi connectivity index (χ4v) is 2.41. The zero-order valence-electron chi connectivity index (χ0n) is 13.2. The second kappa shape index (κ2) is 8.25. The number of carboxylic acids is 1. The van der Waals surface area contributed by atoms with Crippen LogP contribution in [0, 0.1) is 5.21 Å².